The lowest BCUT2D eigenvalue weighted by Gasteiger charge is -2.29. The van der Waals surface area contributed by atoms with Gasteiger partial charge in [0.25, 0.3) is 0 Å². The van der Waals surface area contributed by atoms with Crippen molar-refractivity contribution >= 4 is 5.57 Å². The molecule has 1 atom stereocenters. The van der Waals surface area contributed by atoms with Crippen LogP contribution < -0.4 is 4.74 Å². The minimum atomic E-state index is -0.721. The van der Waals surface area contributed by atoms with Gasteiger partial charge in [-0.25, -0.2) is 13.2 Å². The average Bonchev–Trinajstić information content (AvgIpc) is 2.97. The van der Waals surface area contributed by atoms with Crippen LogP contribution in [-0.2, 0) is 11.2 Å². The van der Waals surface area contributed by atoms with Crippen molar-refractivity contribution in [1.29, 1.82) is 0 Å². The van der Waals surface area contributed by atoms with E-state index in [0.717, 1.165) is 88.4 Å². The van der Waals surface area contributed by atoms with Crippen LogP contribution in [0.15, 0.2) is 49.1 Å². The van der Waals surface area contributed by atoms with Gasteiger partial charge >= 0.3 is 0 Å². The summed E-state index contributed by atoms with van der Waals surface area (Å²) in [5.74, 6) is -0.419. The molecule has 0 aliphatic heterocycles. The maximum Gasteiger partial charge on any atom is 0.166 e. The maximum absolute atomic E-state index is 15.1. The summed E-state index contributed by atoms with van der Waals surface area (Å²) in [6.07, 6.45) is 15.4. The van der Waals surface area contributed by atoms with E-state index < -0.39 is 11.6 Å². The van der Waals surface area contributed by atoms with Gasteiger partial charge in [-0.15, -0.1) is 6.58 Å². The Morgan fingerprint density at radius 2 is 1.77 bits per heavy atom. The average molecular weight is 555 g/mol. The van der Waals surface area contributed by atoms with Crippen LogP contribution in [0.2, 0.25) is 0 Å². The first-order chi connectivity index (χ1) is 19.5. The first-order valence-corrected chi connectivity index (χ1v) is 15.3. The molecule has 1 saturated carbocycles. The molecule has 1 fully saturated rings. The van der Waals surface area contributed by atoms with Crippen molar-refractivity contribution in [1.82, 2.24) is 0 Å². The molecule has 0 aromatic heterocycles. The standard InChI is InChI=1S/C35H45F3O2/c1-3-5-7-23-40-30-19-21-31(33(36)24-30)26-11-8-25(9-12-26)10-13-28-16-20-32(35(38)34(28)37)27-14-17-29(18-15-27)39-22-6-4-2/h3,14,16,19-21,24-26,29H,1,4-13,15,17-18,22-23H2,2H3. The predicted octanol–water partition coefficient (Wildman–Crippen LogP) is 10.1. The number of ether oxygens (including phenoxy) is 2. The Balaban J connectivity index is 1.25. The molecule has 5 heteroatoms. The third-order valence-electron chi connectivity index (χ3n) is 8.62. The zero-order chi connectivity index (χ0) is 28.3. The Bertz CT molecular complexity index is 1130. The fourth-order valence-electron chi connectivity index (χ4n) is 6.10. The topological polar surface area (TPSA) is 18.5 Å². The van der Waals surface area contributed by atoms with Gasteiger partial charge in [0.1, 0.15) is 11.6 Å². The molecule has 1 unspecified atom stereocenters. The van der Waals surface area contributed by atoms with Crippen molar-refractivity contribution < 1.29 is 22.6 Å². The Hall–Kier alpha value is -2.53. The van der Waals surface area contributed by atoms with Crippen LogP contribution >= 0.6 is 0 Å². The largest absolute Gasteiger partial charge is 0.493 e. The molecule has 2 aromatic rings. The fourth-order valence-corrected chi connectivity index (χ4v) is 6.10. The predicted molar refractivity (Wildman–Crippen MR) is 157 cm³/mol. The van der Waals surface area contributed by atoms with Gasteiger partial charge in [0, 0.05) is 18.2 Å². The summed E-state index contributed by atoms with van der Waals surface area (Å²) < 4.78 is 56.5. The minimum absolute atomic E-state index is 0.180. The summed E-state index contributed by atoms with van der Waals surface area (Å²) in [6, 6.07) is 8.75. The molecule has 4 rings (SSSR count). The van der Waals surface area contributed by atoms with Crippen LogP contribution in [0.25, 0.3) is 5.57 Å². The Morgan fingerprint density at radius 1 is 0.950 bits per heavy atom. The quantitative estimate of drug-likeness (QED) is 0.171. The molecule has 0 heterocycles. The van der Waals surface area contributed by atoms with Crippen molar-refractivity contribution in [3.8, 4) is 5.75 Å². The van der Waals surface area contributed by atoms with Crippen LogP contribution in [0.1, 0.15) is 107 Å². The number of rotatable bonds is 14. The molecular formula is C35H45F3O2. The number of halogens is 3. The van der Waals surface area contributed by atoms with E-state index in [1.807, 2.05) is 24.3 Å². The third kappa shape index (κ3) is 8.25. The van der Waals surface area contributed by atoms with E-state index in [9.17, 15) is 4.39 Å². The number of allylic oxidation sites excluding steroid dienone is 2. The van der Waals surface area contributed by atoms with Crippen LogP contribution in [0, 0.1) is 23.4 Å². The molecule has 40 heavy (non-hydrogen) atoms. The van der Waals surface area contributed by atoms with Crippen LogP contribution in [0.3, 0.4) is 0 Å². The molecule has 2 aliphatic carbocycles. The number of hydrogen-bond acceptors (Lipinski definition) is 2. The Kier molecular flexibility index (Phi) is 11.8. The molecular weight excluding hydrogens is 509 g/mol. The summed E-state index contributed by atoms with van der Waals surface area (Å²) in [5.41, 5.74) is 2.49. The van der Waals surface area contributed by atoms with Gasteiger partial charge < -0.3 is 9.47 Å². The summed E-state index contributed by atoms with van der Waals surface area (Å²) in [4.78, 5) is 0. The second-order valence-electron chi connectivity index (χ2n) is 11.5. The highest BCUT2D eigenvalue weighted by atomic mass is 19.2. The second kappa shape index (κ2) is 15.5. The Labute approximate surface area is 238 Å². The Morgan fingerprint density at radius 3 is 2.48 bits per heavy atom. The molecule has 0 radical (unpaired) electrons. The van der Waals surface area contributed by atoms with E-state index in [-0.39, 0.29) is 17.8 Å². The van der Waals surface area contributed by atoms with E-state index in [2.05, 4.69) is 13.5 Å². The van der Waals surface area contributed by atoms with Crippen molar-refractivity contribution in [2.24, 2.45) is 5.92 Å². The molecule has 0 saturated heterocycles. The summed E-state index contributed by atoms with van der Waals surface area (Å²) in [7, 11) is 0. The number of hydrogen-bond donors (Lipinski definition) is 0. The van der Waals surface area contributed by atoms with Crippen LogP contribution in [-0.4, -0.2) is 19.3 Å². The lowest BCUT2D eigenvalue weighted by Crippen LogP contribution is -2.17. The maximum atomic E-state index is 15.1. The first-order valence-electron chi connectivity index (χ1n) is 15.3. The highest BCUT2D eigenvalue weighted by Crippen LogP contribution is 2.39. The van der Waals surface area contributed by atoms with E-state index in [1.54, 1.807) is 12.1 Å². The smallest absolute Gasteiger partial charge is 0.166 e. The van der Waals surface area contributed by atoms with E-state index in [0.29, 0.717) is 42.2 Å². The number of benzene rings is 2. The summed E-state index contributed by atoms with van der Waals surface area (Å²) >= 11 is 0. The lowest BCUT2D eigenvalue weighted by molar-refractivity contribution is 0.0466. The van der Waals surface area contributed by atoms with Crippen molar-refractivity contribution in [2.75, 3.05) is 13.2 Å². The summed E-state index contributed by atoms with van der Waals surface area (Å²) in [6.45, 7) is 7.15. The van der Waals surface area contributed by atoms with Crippen LogP contribution in [0.4, 0.5) is 13.2 Å². The second-order valence-corrected chi connectivity index (χ2v) is 11.5. The molecule has 0 spiro atoms. The zero-order valence-electron chi connectivity index (χ0n) is 24.0. The van der Waals surface area contributed by atoms with Gasteiger partial charge in [-0.05, 0) is 112 Å². The van der Waals surface area contributed by atoms with Gasteiger partial charge in [0.15, 0.2) is 11.6 Å². The van der Waals surface area contributed by atoms with Crippen LogP contribution in [0.5, 0.6) is 5.75 Å². The summed E-state index contributed by atoms with van der Waals surface area (Å²) in [5, 5.41) is 0. The fraction of sp³-hybridized carbons (Fsp3) is 0.543. The van der Waals surface area contributed by atoms with Crippen molar-refractivity contribution in [2.45, 2.75) is 102 Å². The van der Waals surface area contributed by atoms with E-state index in [1.165, 1.54) is 6.07 Å². The van der Waals surface area contributed by atoms with Gasteiger partial charge in [-0.3, -0.25) is 0 Å². The number of aryl methyl sites for hydroxylation is 1. The number of unbranched alkanes of at least 4 members (excludes halogenated alkanes) is 2. The van der Waals surface area contributed by atoms with Gasteiger partial charge in [0.05, 0.1) is 12.7 Å². The molecule has 2 nitrogen and oxygen atoms in total. The SMILES string of the molecule is C=CCCCOc1ccc(C2CCC(CCc3ccc(C4=CCC(OCCCC)CC4)c(F)c3F)CC2)c(F)c1. The highest BCUT2D eigenvalue weighted by Gasteiger charge is 2.26. The molecule has 0 amide bonds. The molecule has 218 valence electrons. The molecule has 2 aromatic carbocycles. The van der Waals surface area contributed by atoms with E-state index in [4.69, 9.17) is 9.47 Å². The van der Waals surface area contributed by atoms with Crippen molar-refractivity contribution in [3.63, 3.8) is 0 Å². The molecule has 2 aliphatic rings. The molecule has 0 bridgehead atoms. The lowest BCUT2D eigenvalue weighted by atomic mass is 9.76. The van der Waals surface area contributed by atoms with Gasteiger partial charge in [-0.2, -0.15) is 0 Å². The van der Waals surface area contributed by atoms with Gasteiger partial charge in [-0.1, -0.05) is 43.7 Å². The molecule has 0 N–H and O–H groups in total. The normalized spacial score (nSPS) is 21.2. The van der Waals surface area contributed by atoms with Gasteiger partial charge in [0.2, 0.25) is 0 Å². The monoisotopic (exact) mass is 554 g/mol. The third-order valence-corrected chi connectivity index (χ3v) is 8.62. The first kappa shape index (κ1) is 30.4. The van der Waals surface area contributed by atoms with E-state index >= 15 is 8.78 Å². The minimum Gasteiger partial charge on any atom is -0.493 e. The zero-order valence-corrected chi connectivity index (χ0v) is 24.0. The highest BCUT2D eigenvalue weighted by molar-refractivity contribution is 5.67. The van der Waals surface area contributed by atoms with Crippen molar-refractivity contribution in [3.05, 3.63) is 83.2 Å².